The van der Waals surface area contributed by atoms with Crippen LogP contribution in [0.25, 0.3) is 16.9 Å². The van der Waals surface area contributed by atoms with Gasteiger partial charge in [-0.05, 0) is 46.8 Å². The van der Waals surface area contributed by atoms with E-state index >= 15 is 0 Å². The van der Waals surface area contributed by atoms with Crippen LogP contribution in [-0.2, 0) is 16.0 Å². The van der Waals surface area contributed by atoms with Crippen molar-refractivity contribution in [2.75, 3.05) is 25.1 Å². The number of rotatable bonds is 6. The minimum absolute atomic E-state index is 0.00616. The first-order chi connectivity index (χ1) is 16.9. The second kappa shape index (κ2) is 11.3. The van der Waals surface area contributed by atoms with Crippen molar-refractivity contribution < 1.29 is 24.2 Å². The molecule has 0 amide bonds. The largest absolute Gasteiger partial charge is 0.490 e. The lowest BCUT2D eigenvalue weighted by molar-refractivity contribution is -0.142. The zero-order valence-electron chi connectivity index (χ0n) is 21.6. The van der Waals surface area contributed by atoms with Gasteiger partial charge < -0.3 is 19.9 Å². The van der Waals surface area contributed by atoms with Gasteiger partial charge in [0.05, 0.1) is 35.0 Å². The van der Waals surface area contributed by atoms with E-state index in [2.05, 4.69) is 15.4 Å². The SMILES string of the molecule is CC(C)(C)O.CCOC(=O)Cc1c(C)nc2cc(C(=O)CC)nn2c1-c1ccc2c(c1Cl)NCCO2. The summed E-state index contributed by atoms with van der Waals surface area (Å²) in [7, 11) is 0. The Morgan fingerprint density at radius 2 is 1.97 bits per heavy atom. The number of hydrogen-bond donors (Lipinski definition) is 2. The molecule has 194 valence electrons. The molecule has 0 unspecified atom stereocenters. The van der Waals surface area contributed by atoms with Crippen molar-refractivity contribution in [2.45, 2.75) is 60.0 Å². The maximum absolute atomic E-state index is 12.4. The third-order valence-corrected chi connectivity index (χ3v) is 5.55. The second-order valence-corrected chi connectivity index (χ2v) is 9.71. The normalized spacial score (nSPS) is 12.7. The molecule has 3 aromatic rings. The molecule has 2 N–H and O–H groups in total. The van der Waals surface area contributed by atoms with E-state index in [4.69, 9.17) is 26.2 Å². The van der Waals surface area contributed by atoms with Crippen LogP contribution in [0.1, 0.15) is 62.8 Å². The van der Waals surface area contributed by atoms with Crippen molar-refractivity contribution in [3.8, 4) is 17.0 Å². The highest BCUT2D eigenvalue weighted by molar-refractivity contribution is 6.36. The van der Waals surface area contributed by atoms with Gasteiger partial charge in [-0.15, -0.1) is 0 Å². The molecule has 1 aliphatic heterocycles. The van der Waals surface area contributed by atoms with Crippen molar-refractivity contribution in [1.29, 1.82) is 0 Å². The van der Waals surface area contributed by atoms with Crippen LogP contribution in [0.3, 0.4) is 0 Å². The molecule has 3 heterocycles. The van der Waals surface area contributed by atoms with E-state index in [1.54, 1.807) is 45.2 Å². The molecule has 2 aromatic heterocycles. The summed E-state index contributed by atoms with van der Waals surface area (Å²) in [5.41, 5.74) is 3.56. The maximum atomic E-state index is 12.4. The minimum atomic E-state index is -0.500. The molecule has 0 atom stereocenters. The Kier molecular flexibility index (Phi) is 8.58. The van der Waals surface area contributed by atoms with Crippen LogP contribution in [0.2, 0.25) is 5.02 Å². The average Bonchev–Trinajstić information content (AvgIpc) is 3.22. The first-order valence-electron chi connectivity index (χ1n) is 11.9. The van der Waals surface area contributed by atoms with Gasteiger partial charge in [0.2, 0.25) is 0 Å². The van der Waals surface area contributed by atoms with Crippen molar-refractivity contribution >= 4 is 34.7 Å². The molecule has 0 bridgehead atoms. The predicted molar refractivity (Wildman–Crippen MR) is 139 cm³/mol. The Morgan fingerprint density at radius 1 is 1.28 bits per heavy atom. The van der Waals surface area contributed by atoms with E-state index in [0.29, 0.717) is 69.9 Å². The summed E-state index contributed by atoms with van der Waals surface area (Å²) in [6.07, 6.45) is 0.334. The smallest absolute Gasteiger partial charge is 0.310 e. The number of fused-ring (bicyclic) bond motifs is 2. The van der Waals surface area contributed by atoms with Crippen molar-refractivity contribution in [1.82, 2.24) is 14.6 Å². The van der Waals surface area contributed by atoms with Crippen LogP contribution < -0.4 is 10.1 Å². The summed E-state index contributed by atoms with van der Waals surface area (Å²) < 4.78 is 12.4. The van der Waals surface area contributed by atoms with Gasteiger partial charge in [0.15, 0.2) is 11.4 Å². The van der Waals surface area contributed by atoms with Gasteiger partial charge in [-0.2, -0.15) is 5.10 Å². The number of aromatic nitrogens is 3. The Morgan fingerprint density at radius 3 is 2.61 bits per heavy atom. The number of hydrogen-bond acceptors (Lipinski definition) is 8. The highest BCUT2D eigenvalue weighted by Crippen LogP contribution is 2.42. The van der Waals surface area contributed by atoms with Gasteiger partial charge in [0.1, 0.15) is 18.1 Å². The number of ketones is 1. The molecule has 10 heteroatoms. The second-order valence-electron chi connectivity index (χ2n) is 9.33. The van der Waals surface area contributed by atoms with Gasteiger partial charge in [-0.1, -0.05) is 18.5 Å². The lowest BCUT2D eigenvalue weighted by Gasteiger charge is -2.22. The quantitative estimate of drug-likeness (QED) is 0.359. The standard InChI is InChI=1S/C22H23ClN4O4.C4H10O/c1-4-16(28)15-11-18-25-12(3)14(10-19(29)30-5-2)22(27(18)26-15)13-6-7-17-21(20(13)23)24-8-9-31-17;1-4(2,3)5/h6-7,11,24H,4-5,8-10H2,1-3H3;5H,1-3H3. The van der Waals surface area contributed by atoms with Crippen LogP contribution >= 0.6 is 11.6 Å². The number of nitrogens with one attached hydrogen (secondary N) is 1. The molecule has 0 radical (unpaired) electrons. The van der Waals surface area contributed by atoms with Gasteiger partial charge in [-0.25, -0.2) is 9.50 Å². The zero-order chi connectivity index (χ0) is 26.6. The predicted octanol–water partition coefficient (Wildman–Crippen LogP) is 4.64. The molecule has 0 fully saturated rings. The molecule has 0 aliphatic carbocycles. The van der Waals surface area contributed by atoms with Crippen LogP contribution in [0.15, 0.2) is 18.2 Å². The summed E-state index contributed by atoms with van der Waals surface area (Å²) >= 11 is 6.79. The molecule has 0 saturated carbocycles. The number of carbonyl (C=O) groups is 2. The molecule has 4 rings (SSSR count). The van der Waals surface area contributed by atoms with Crippen LogP contribution in [0.5, 0.6) is 5.75 Å². The van der Waals surface area contributed by atoms with Crippen molar-refractivity contribution in [2.24, 2.45) is 0 Å². The molecule has 1 aromatic carbocycles. The van der Waals surface area contributed by atoms with Crippen molar-refractivity contribution in [3.63, 3.8) is 0 Å². The first-order valence-corrected chi connectivity index (χ1v) is 12.3. The van der Waals surface area contributed by atoms with Crippen LogP contribution in [0.4, 0.5) is 5.69 Å². The highest BCUT2D eigenvalue weighted by Gasteiger charge is 2.25. The Hall–Kier alpha value is -3.17. The fourth-order valence-electron chi connectivity index (χ4n) is 3.68. The number of benzene rings is 1. The summed E-state index contributed by atoms with van der Waals surface area (Å²) in [6, 6.07) is 5.32. The summed E-state index contributed by atoms with van der Waals surface area (Å²) in [6.45, 7) is 12.1. The Balaban J connectivity index is 0.000000658. The number of anilines is 1. The number of nitrogens with zero attached hydrogens (tertiary/aromatic N) is 3. The first kappa shape index (κ1) is 27.4. The van der Waals surface area contributed by atoms with Crippen molar-refractivity contribution in [3.05, 3.63) is 40.2 Å². The van der Waals surface area contributed by atoms with Crippen LogP contribution in [-0.4, -0.2) is 56.8 Å². The maximum Gasteiger partial charge on any atom is 0.310 e. The fourth-order valence-corrected chi connectivity index (χ4v) is 3.99. The highest BCUT2D eigenvalue weighted by atomic mass is 35.5. The Bertz CT molecular complexity index is 1270. The van der Waals surface area contributed by atoms with E-state index in [0.717, 1.165) is 0 Å². The molecular formula is C26H33ClN4O5. The number of Topliss-reactive ketones (excluding diaryl/α,β-unsaturated/α-hetero) is 1. The van der Waals surface area contributed by atoms with E-state index < -0.39 is 5.60 Å². The van der Waals surface area contributed by atoms with E-state index in [-0.39, 0.29) is 24.8 Å². The third-order valence-electron chi connectivity index (χ3n) is 5.16. The van der Waals surface area contributed by atoms with E-state index in [1.807, 2.05) is 19.1 Å². The summed E-state index contributed by atoms with van der Waals surface area (Å²) in [4.78, 5) is 29.2. The molecule has 36 heavy (non-hydrogen) atoms. The monoisotopic (exact) mass is 516 g/mol. The lowest BCUT2D eigenvalue weighted by atomic mass is 10.0. The van der Waals surface area contributed by atoms with Gasteiger partial charge >= 0.3 is 5.97 Å². The van der Waals surface area contributed by atoms with Gasteiger partial charge in [0, 0.05) is 35.9 Å². The number of ether oxygens (including phenoxy) is 2. The summed E-state index contributed by atoms with van der Waals surface area (Å²) in [5.74, 6) is 0.199. The minimum Gasteiger partial charge on any atom is -0.490 e. The molecular weight excluding hydrogens is 484 g/mol. The number of carbonyl (C=O) groups excluding carboxylic acids is 2. The summed E-state index contributed by atoms with van der Waals surface area (Å²) in [5, 5.41) is 16.8. The Labute approximate surface area is 215 Å². The number of aryl methyl sites for hydroxylation is 1. The number of halogens is 1. The fraction of sp³-hybridized carbons (Fsp3) is 0.462. The lowest BCUT2D eigenvalue weighted by Crippen LogP contribution is -2.19. The average molecular weight is 517 g/mol. The van der Waals surface area contributed by atoms with E-state index in [9.17, 15) is 9.59 Å². The zero-order valence-corrected chi connectivity index (χ0v) is 22.3. The molecule has 9 nitrogen and oxygen atoms in total. The number of esters is 1. The third kappa shape index (κ3) is 6.33. The van der Waals surface area contributed by atoms with Gasteiger partial charge in [0.25, 0.3) is 0 Å². The molecule has 0 spiro atoms. The topological polar surface area (TPSA) is 115 Å². The van der Waals surface area contributed by atoms with Gasteiger partial charge in [-0.3, -0.25) is 9.59 Å². The molecule has 0 saturated heterocycles. The molecule has 1 aliphatic rings. The van der Waals surface area contributed by atoms with E-state index in [1.165, 1.54) is 0 Å². The number of aliphatic hydroxyl groups is 1. The van der Waals surface area contributed by atoms with Crippen LogP contribution in [0, 0.1) is 6.92 Å².